The van der Waals surface area contributed by atoms with Crippen LogP contribution in [0.1, 0.15) is 43.5 Å². The summed E-state index contributed by atoms with van der Waals surface area (Å²) in [5, 5.41) is 0. The van der Waals surface area contributed by atoms with Gasteiger partial charge in [0.1, 0.15) is 12.4 Å². The fourth-order valence-corrected chi connectivity index (χ4v) is 8.11. The van der Waals surface area contributed by atoms with Crippen molar-refractivity contribution in [2.75, 3.05) is 26.9 Å². The Morgan fingerprint density at radius 2 is 1.73 bits per heavy atom. The Balaban J connectivity index is 1.64. The third-order valence-corrected chi connectivity index (χ3v) is 10.1. The van der Waals surface area contributed by atoms with E-state index in [9.17, 15) is 14.4 Å². The Morgan fingerprint density at radius 1 is 0.980 bits per heavy atom. The van der Waals surface area contributed by atoms with Gasteiger partial charge in [-0.05, 0) is 97.0 Å². The number of hydrogen-bond acceptors (Lipinski definition) is 10. The summed E-state index contributed by atoms with van der Waals surface area (Å²) < 4.78 is 32.5. The lowest BCUT2D eigenvalue weighted by molar-refractivity contribution is -0.143. The predicted octanol–water partition coefficient (Wildman–Crippen LogP) is 6.46. The molecule has 0 fully saturated rings. The van der Waals surface area contributed by atoms with E-state index in [1.807, 2.05) is 43.3 Å². The summed E-state index contributed by atoms with van der Waals surface area (Å²) in [5.74, 6) is 0.129. The van der Waals surface area contributed by atoms with Crippen LogP contribution in [0, 0.1) is 3.57 Å². The van der Waals surface area contributed by atoms with Crippen LogP contribution in [0.5, 0.6) is 17.2 Å². The third-order valence-electron chi connectivity index (χ3n) is 7.29. The van der Waals surface area contributed by atoms with Crippen LogP contribution in [0.2, 0.25) is 0 Å². The average molecular weight is 926 g/mol. The Labute approximate surface area is 316 Å². The Morgan fingerprint density at radius 3 is 2.43 bits per heavy atom. The van der Waals surface area contributed by atoms with Crippen LogP contribution in [0.3, 0.4) is 0 Å². The number of benzene rings is 3. The normalized spacial score (nSPS) is 14.2. The molecule has 0 saturated carbocycles. The maximum atomic E-state index is 14.4. The summed E-state index contributed by atoms with van der Waals surface area (Å²) in [4.78, 5) is 44.7. The van der Waals surface area contributed by atoms with Gasteiger partial charge in [-0.1, -0.05) is 61.4 Å². The summed E-state index contributed by atoms with van der Waals surface area (Å²) in [7, 11) is 1.27. The fourth-order valence-electron chi connectivity index (χ4n) is 5.10. The molecule has 0 amide bonds. The van der Waals surface area contributed by atoms with Crippen LogP contribution >= 0.6 is 65.8 Å². The summed E-state index contributed by atoms with van der Waals surface area (Å²) >= 11 is 10.5. The van der Waals surface area contributed by atoms with Crippen molar-refractivity contribution in [1.82, 2.24) is 4.57 Å². The number of halogens is 3. The van der Waals surface area contributed by atoms with Crippen LogP contribution in [0.15, 0.2) is 84.6 Å². The van der Waals surface area contributed by atoms with Crippen molar-refractivity contribution in [3.05, 3.63) is 115 Å². The number of allylic oxidation sites excluding steroid dienone is 1. The van der Waals surface area contributed by atoms with E-state index in [4.69, 9.17) is 28.7 Å². The van der Waals surface area contributed by atoms with Crippen molar-refractivity contribution in [2.45, 2.75) is 33.4 Å². The standard InChI is InChI=1S/C35H31Br2IN2O8S/c1-5-45-27-14-21(9-12-26(27)47-18-29(41)44-4)31-30(34(43)46-6-2)19(3)39-35-40(31)33(42)28(49-35)15-22-13-24(37)16-25(38)32(22)48-17-20-7-10-23(36)11-8-20/h7-16,31H,5-6,17-18H2,1-4H3/b28-15+/t31-/m0/s1. The van der Waals surface area contributed by atoms with Crippen LogP contribution in [-0.2, 0) is 25.7 Å². The van der Waals surface area contributed by atoms with Crippen molar-refractivity contribution < 1.29 is 33.3 Å². The van der Waals surface area contributed by atoms with E-state index in [0.717, 1.165) is 18.1 Å². The van der Waals surface area contributed by atoms with E-state index in [2.05, 4.69) is 54.5 Å². The third kappa shape index (κ3) is 8.47. The first-order valence-electron chi connectivity index (χ1n) is 15.1. The first kappa shape index (κ1) is 36.8. The topological polar surface area (TPSA) is 115 Å². The van der Waals surface area contributed by atoms with Crippen molar-refractivity contribution in [2.24, 2.45) is 4.99 Å². The molecule has 5 rings (SSSR count). The number of ether oxygens (including phenoxy) is 5. The lowest BCUT2D eigenvalue weighted by Crippen LogP contribution is -2.40. The van der Waals surface area contributed by atoms with E-state index >= 15 is 0 Å². The average Bonchev–Trinajstić information content (AvgIpc) is 3.37. The molecule has 3 aromatic carbocycles. The van der Waals surface area contributed by atoms with E-state index in [1.54, 1.807) is 38.1 Å². The lowest BCUT2D eigenvalue weighted by atomic mass is 9.95. The molecule has 0 bridgehead atoms. The zero-order chi connectivity index (χ0) is 35.2. The summed E-state index contributed by atoms with van der Waals surface area (Å²) in [6.07, 6.45) is 1.78. The molecule has 1 aliphatic heterocycles. The van der Waals surface area contributed by atoms with E-state index in [1.165, 1.54) is 23.0 Å². The number of aromatic nitrogens is 1. The van der Waals surface area contributed by atoms with Crippen LogP contribution in [-0.4, -0.2) is 43.4 Å². The maximum absolute atomic E-state index is 14.4. The van der Waals surface area contributed by atoms with Crippen molar-refractivity contribution >= 4 is 83.8 Å². The van der Waals surface area contributed by atoms with E-state index < -0.39 is 18.0 Å². The maximum Gasteiger partial charge on any atom is 0.343 e. The highest BCUT2D eigenvalue weighted by Crippen LogP contribution is 2.37. The molecule has 0 N–H and O–H groups in total. The molecule has 0 radical (unpaired) electrons. The SMILES string of the molecule is CCOC(=O)C1=C(C)N=c2s/c(=C/c3cc(Br)cc(I)c3OCc3ccc(Br)cc3)c(=O)n2[C@H]1c1ccc(OCC(=O)OC)c(OCC)c1. The predicted molar refractivity (Wildman–Crippen MR) is 201 cm³/mol. The summed E-state index contributed by atoms with van der Waals surface area (Å²) in [6, 6.07) is 15.9. The van der Waals surface area contributed by atoms with Gasteiger partial charge in [0, 0.05) is 14.5 Å². The first-order chi connectivity index (χ1) is 23.5. The number of methoxy groups -OCH3 is 1. The van der Waals surface area contributed by atoms with Crippen LogP contribution in [0.4, 0.5) is 0 Å². The quantitative estimate of drug-likeness (QED) is 0.118. The Hall–Kier alpha value is -3.47. The Bertz CT molecular complexity index is 2110. The summed E-state index contributed by atoms with van der Waals surface area (Å²) in [5.41, 5.74) is 2.56. The molecule has 2 heterocycles. The van der Waals surface area contributed by atoms with E-state index in [0.29, 0.717) is 56.6 Å². The monoisotopic (exact) mass is 924 g/mol. The minimum absolute atomic E-state index is 0.141. The van der Waals surface area contributed by atoms with Crippen LogP contribution in [0.25, 0.3) is 6.08 Å². The van der Waals surface area contributed by atoms with Gasteiger partial charge in [-0.25, -0.2) is 14.6 Å². The largest absolute Gasteiger partial charge is 0.490 e. The molecule has 49 heavy (non-hydrogen) atoms. The van der Waals surface area contributed by atoms with Crippen molar-refractivity contribution in [1.29, 1.82) is 0 Å². The highest BCUT2D eigenvalue weighted by atomic mass is 127. The highest BCUT2D eigenvalue weighted by Gasteiger charge is 2.34. The molecule has 1 aliphatic rings. The molecular weight excluding hydrogens is 895 g/mol. The number of nitrogens with zero attached hydrogens (tertiary/aromatic N) is 2. The second kappa shape index (κ2) is 16.5. The van der Waals surface area contributed by atoms with Crippen molar-refractivity contribution in [3.8, 4) is 17.2 Å². The van der Waals surface area contributed by atoms with Gasteiger partial charge in [-0.15, -0.1) is 0 Å². The van der Waals surface area contributed by atoms with Crippen molar-refractivity contribution in [3.63, 3.8) is 0 Å². The fraction of sp³-hybridized carbons (Fsp3) is 0.257. The number of carbonyl (C=O) groups is 2. The molecule has 10 nitrogen and oxygen atoms in total. The number of rotatable bonds is 12. The molecule has 0 aliphatic carbocycles. The Kier molecular flexibility index (Phi) is 12.4. The summed E-state index contributed by atoms with van der Waals surface area (Å²) in [6.45, 7) is 5.71. The second-order valence-electron chi connectivity index (χ2n) is 10.5. The number of esters is 2. The molecule has 0 saturated heterocycles. The number of fused-ring (bicyclic) bond motifs is 1. The zero-order valence-electron chi connectivity index (χ0n) is 26.9. The van der Waals surface area contributed by atoms with Gasteiger partial charge in [0.25, 0.3) is 5.56 Å². The highest BCUT2D eigenvalue weighted by molar-refractivity contribution is 14.1. The van der Waals surface area contributed by atoms with Gasteiger partial charge in [0.05, 0.1) is 45.7 Å². The molecule has 0 spiro atoms. The molecule has 4 aromatic rings. The molecule has 0 unspecified atom stereocenters. The minimum Gasteiger partial charge on any atom is -0.490 e. The van der Waals surface area contributed by atoms with Gasteiger partial charge in [-0.3, -0.25) is 9.36 Å². The zero-order valence-corrected chi connectivity index (χ0v) is 33.0. The molecule has 256 valence electrons. The molecule has 1 atom stereocenters. The van der Waals surface area contributed by atoms with Gasteiger partial charge in [0.2, 0.25) is 0 Å². The lowest BCUT2D eigenvalue weighted by Gasteiger charge is -2.25. The van der Waals surface area contributed by atoms with Crippen LogP contribution < -0.4 is 29.1 Å². The molecular formula is C35H31Br2IN2O8S. The number of thiazole rings is 1. The number of carbonyl (C=O) groups excluding carboxylic acids is 2. The first-order valence-corrected chi connectivity index (χ1v) is 18.5. The van der Waals surface area contributed by atoms with Gasteiger partial charge >= 0.3 is 11.9 Å². The van der Waals surface area contributed by atoms with Gasteiger partial charge in [0.15, 0.2) is 22.9 Å². The molecule has 14 heteroatoms. The molecule has 1 aromatic heterocycles. The number of hydrogen-bond donors (Lipinski definition) is 0. The minimum atomic E-state index is -0.887. The second-order valence-corrected chi connectivity index (χ2v) is 14.5. The smallest absolute Gasteiger partial charge is 0.343 e. The van der Waals surface area contributed by atoms with E-state index in [-0.39, 0.29) is 24.3 Å². The van der Waals surface area contributed by atoms with Gasteiger partial charge < -0.3 is 23.7 Å². The van der Waals surface area contributed by atoms with Gasteiger partial charge in [-0.2, -0.15) is 0 Å².